The van der Waals surface area contributed by atoms with E-state index in [-0.39, 0.29) is 17.9 Å². The summed E-state index contributed by atoms with van der Waals surface area (Å²) in [7, 11) is 0. The molecule has 0 radical (unpaired) electrons. The van der Waals surface area contributed by atoms with Gasteiger partial charge in [0.2, 0.25) is 5.91 Å². The minimum absolute atomic E-state index is 0.0182. The highest BCUT2D eigenvalue weighted by Gasteiger charge is 2.31. The second-order valence-electron chi connectivity index (χ2n) is 8.88. The van der Waals surface area contributed by atoms with Crippen molar-refractivity contribution < 1.29 is 9.59 Å². The van der Waals surface area contributed by atoms with E-state index in [2.05, 4.69) is 15.5 Å². The van der Waals surface area contributed by atoms with E-state index in [1.807, 2.05) is 18.2 Å². The number of benzene rings is 1. The molecule has 3 fully saturated rings. The van der Waals surface area contributed by atoms with E-state index in [1.54, 1.807) is 6.07 Å². The molecule has 0 aromatic heterocycles. The smallest absolute Gasteiger partial charge is 0.253 e. The van der Waals surface area contributed by atoms with Crippen molar-refractivity contribution >= 4 is 17.5 Å². The second-order valence-corrected chi connectivity index (χ2v) is 8.88. The number of nitrogens with zero attached hydrogens (tertiary/aromatic N) is 1. The Morgan fingerprint density at radius 3 is 2.46 bits per heavy atom. The van der Waals surface area contributed by atoms with Crippen LogP contribution in [0.2, 0.25) is 0 Å². The summed E-state index contributed by atoms with van der Waals surface area (Å²) in [4.78, 5) is 27.6. The lowest BCUT2D eigenvalue weighted by atomic mass is 9.75. The molecule has 28 heavy (non-hydrogen) atoms. The average Bonchev–Trinajstić information content (AvgIpc) is 3.21. The van der Waals surface area contributed by atoms with Gasteiger partial charge in [0.25, 0.3) is 5.91 Å². The van der Waals surface area contributed by atoms with Gasteiger partial charge in [-0.25, -0.2) is 0 Å². The minimum atomic E-state index is -0.0779. The van der Waals surface area contributed by atoms with E-state index in [4.69, 9.17) is 0 Å². The molecule has 1 heterocycles. The molecule has 1 aromatic rings. The summed E-state index contributed by atoms with van der Waals surface area (Å²) in [6, 6.07) is 7.62. The molecule has 2 amide bonds. The van der Waals surface area contributed by atoms with Crippen molar-refractivity contribution in [1.82, 2.24) is 10.2 Å². The largest absolute Gasteiger partial charge is 0.349 e. The molecule has 3 aliphatic rings. The monoisotopic (exact) mass is 383 g/mol. The minimum Gasteiger partial charge on any atom is -0.349 e. The molecule has 0 spiro atoms. The van der Waals surface area contributed by atoms with Gasteiger partial charge < -0.3 is 10.6 Å². The van der Waals surface area contributed by atoms with Crippen molar-refractivity contribution in [2.75, 3.05) is 25.0 Å². The lowest BCUT2D eigenvalue weighted by molar-refractivity contribution is -0.118. The maximum atomic E-state index is 12.7. The Hall–Kier alpha value is -1.88. The fourth-order valence-corrected chi connectivity index (χ4v) is 5.34. The molecule has 2 aliphatic carbocycles. The number of piperidine rings is 1. The van der Waals surface area contributed by atoms with Gasteiger partial charge in [-0.3, -0.25) is 14.5 Å². The van der Waals surface area contributed by atoms with Crippen LogP contribution < -0.4 is 10.6 Å². The molecular weight excluding hydrogens is 350 g/mol. The number of carbonyl (C=O) groups excluding carboxylic acids is 2. The summed E-state index contributed by atoms with van der Waals surface area (Å²) in [6.45, 7) is 2.47. The number of fused-ring (bicyclic) bond motifs is 1. The molecule has 1 saturated heterocycles. The van der Waals surface area contributed by atoms with Gasteiger partial charge in [0.15, 0.2) is 0 Å². The summed E-state index contributed by atoms with van der Waals surface area (Å²) in [5.41, 5.74) is 1.18. The van der Waals surface area contributed by atoms with E-state index in [1.165, 1.54) is 44.9 Å². The first-order valence-corrected chi connectivity index (χ1v) is 11.1. The van der Waals surface area contributed by atoms with E-state index in [0.29, 0.717) is 17.8 Å². The van der Waals surface area contributed by atoms with Crippen molar-refractivity contribution in [2.45, 2.75) is 63.8 Å². The number of hydrogen-bond donors (Lipinski definition) is 2. The Balaban J connectivity index is 1.33. The molecule has 2 N–H and O–H groups in total. The molecule has 5 heteroatoms. The fourth-order valence-electron chi connectivity index (χ4n) is 5.34. The Morgan fingerprint density at radius 2 is 1.64 bits per heavy atom. The third kappa shape index (κ3) is 4.75. The highest BCUT2D eigenvalue weighted by molar-refractivity contribution is 6.04. The predicted molar refractivity (Wildman–Crippen MR) is 111 cm³/mol. The number of likely N-dealkylation sites (tertiary alicyclic amines) is 1. The summed E-state index contributed by atoms with van der Waals surface area (Å²) in [5, 5.41) is 6.11. The van der Waals surface area contributed by atoms with Crippen LogP contribution in [-0.4, -0.2) is 42.4 Å². The maximum Gasteiger partial charge on any atom is 0.253 e. The first-order chi connectivity index (χ1) is 13.7. The quantitative estimate of drug-likeness (QED) is 0.813. The summed E-state index contributed by atoms with van der Waals surface area (Å²) >= 11 is 0. The highest BCUT2D eigenvalue weighted by Crippen LogP contribution is 2.35. The van der Waals surface area contributed by atoms with E-state index in [0.717, 1.165) is 37.8 Å². The molecular formula is C23H33N3O2. The van der Waals surface area contributed by atoms with Crippen molar-refractivity contribution in [3.05, 3.63) is 29.8 Å². The standard InChI is InChI=1S/C23H33N3O2/c27-22(16-26-14-13-17-7-1-2-8-18(17)15-26)25-21-12-6-5-11-20(21)23(28)24-19-9-3-4-10-19/h5-6,11-12,17-19H,1-4,7-10,13-16H2,(H,24,28)(H,25,27)/t17-,18-/m0/s1. The van der Waals surface area contributed by atoms with Crippen molar-refractivity contribution in [1.29, 1.82) is 0 Å². The van der Waals surface area contributed by atoms with Gasteiger partial charge in [-0.1, -0.05) is 44.2 Å². The number of hydrogen-bond acceptors (Lipinski definition) is 3. The van der Waals surface area contributed by atoms with E-state index in [9.17, 15) is 9.59 Å². The third-order valence-electron chi connectivity index (χ3n) is 6.88. The van der Waals surface area contributed by atoms with Crippen molar-refractivity contribution in [2.24, 2.45) is 11.8 Å². The molecule has 1 aromatic carbocycles. The van der Waals surface area contributed by atoms with Crippen LogP contribution in [0, 0.1) is 11.8 Å². The topological polar surface area (TPSA) is 61.4 Å². The molecule has 2 atom stereocenters. The molecule has 2 saturated carbocycles. The van der Waals surface area contributed by atoms with Crippen molar-refractivity contribution in [3.8, 4) is 0 Å². The first kappa shape index (κ1) is 19.4. The van der Waals surface area contributed by atoms with Crippen LogP contribution in [0.1, 0.15) is 68.1 Å². The number of amides is 2. The van der Waals surface area contributed by atoms with Gasteiger partial charge in [0, 0.05) is 12.6 Å². The first-order valence-electron chi connectivity index (χ1n) is 11.1. The lowest BCUT2D eigenvalue weighted by Gasteiger charge is -2.41. The number of rotatable bonds is 5. The van der Waals surface area contributed by atoms with Crippen molar-refractivity contribution in [3.63, 3.8) is 0 Å². The average molecular weight is 384 g/mol. The summed E-state index contributed by atoms with van der Waals surface area (Å²) in [6.07, 6.45) is 11.1. The molecule has 5 nitrogen and oxygen atoms in total. The van der Waals surface area contributed by atoms with Gasteiger partial charge in [-0.15, -0.1) is 0 Å². The predicted octanol–water partition coefficient (Wildman–Crippen LogP) is 3.81. The van der Waals surface area contributed by atoms with Gasteiger partial charge in [-0.05, 0) is 56.2 Å². The molecule has 0 unspecified atom stereocenters. The highest BCUT2D eigenvalue weighted by atomic mass is 16.2. The Labute approximate surface area is 168 Å². The number of nitrogens with one attached hydrogen (secondary N) is 2. The fraction of sp³-hybridized carbons (Fsp3) is 0.652. The van der Waals surface area contributed by atoms with Crippen LogP contribution in [0.25, 0.3) is 0 Å². The maximum absolute atomic E-state index is 12.7. The zero-order valence-corrected chi connectivity index (χ0v) is 16.8. The molecule has 4 rings (SSSR count). The third-order valence-corrected chi connectivity index (χ3v) is 6.88. The number of carbonyl (C=O) groups is 2. The zero-order chi connectivity index (χ0) is 19.3. The van der Waals surface area contributed by atoms with Crippen LogP contribution in [-0.2, 0) is 4.79 Å². The van der Waals surface area contributed by atoms with Gasteiger partial charge >= 0.3 is 0 Å². The number of para-hydroxylation sites is 1. The molecule has 0 bridgehead atoms. The van der Waals surface area contributed by atoms with Gasteiger partial charge in [0.1, 0.15) is 0 Å². The van der Waals surface area contributed by atoms with Crippen LogP contribution in [0.4, 0.5) is 5.69 Å². The lowest BCUT2D eigenvalue weighted by Crippen LogP contribution is -2.45. The SMILES string of the molecule is O=C(CN1CC[C@@H]2CCCC[C@H]2C1)Nc1ccccc1C(=O)NC1CCCC1. The summed E-state index contributed by atoms with van der Waals surface area (Å²) in [5.74, 6) is 1.54. The molecule has 1 aliphatic heterocycles. The number of anilines is 1. The van der Waals surface area contributed by atoms with Crippen LogP contribution in [0.3, 0.4) is 0 Å². The van der Waals surface area contributed by atoms with E-state index < -0.39 is 0 Å². The van der Waals surface area contributed by atoms with Crippen LogP contribution >= 0.6 is 0 Å². The Morgan fingerprint density at radius 1 is 0.929 bits per heavy atom. The van der Waals surface area contributed by atoms with Gasteiger partial charge in [0.05, 0.1) is 17.8 Å². The van der Waals surface area contributed by atoms with Gasteiger partial charge in [-0.2, -0.15) is 0 Å². The Kier molecular flexibility index (Phi) is 6.30. The van der Waals surface area contributed by atoms with Crippen LogP contribution in [0.15, 0.2) is 24.3 Å². The van der Waals surface area contributed by atoms with Crippen LogP contribution in [0.5, 0.6) is 0 Å². The second kappa shape index (κ2) is 9.08. The Bertz CT molecular complexity index is 699. The summed E-state index contributed by atoms with van der Waals surface area (Å²) < 4.78 is 0. The van der Waals surface area contributed by atoms with E-state index >= 15 is 0 Å². The zero-order valence-electron chi connectivity index (χ0n) is 16.8. The normalized spacial score (nSPS) is 25.9. The molecule has 152 valence electrons.